The molecule has 2 amide bonds. The minimum Gasteiger partial charge on any atom is -0.355 e. The van der Waals surface area contributed by atoms with Crippen LogP contribution in [0.25, 0.3) is 0 Å². The average molecular weight is 305 g/mol. The number of carbonyl (C=O) groups excluding carboxylic acids is 2. The zero-order chi connectivity index (χ0) is 14.3. The van der Waals surface area contributed by atoms with Crippen LogP contribution >= 0.6 is 22.9 Å². The van der Waals surface area contributed by atoms with Crippen LogP contribution in [0.4, 0.5) is 0 Å². The van der Waals surface area contributed by atoms with Gasteiger partial charge in [-0.25, -0.2) is 0 Å². The molecule has 0 fully saturated rings. The van der Waals surface area contributed by atoms with Crippen LogP contribution < -0.4 is 5.32 Å². The van der Waals surface area contributed by atoms with Gasteiger partial charge in [0.1, 0.15) is 0 Å². The van der Waals surface area contributed by atoms with Crippen LogP contribution in [0.2, 0.25) is 4.47 Å². The Balaban J connectivity index is 2.66. The molecule has 0 aliphatic rings. The first kappa shape index (κ1) is 15.8. The van der Waals surface area contributed by atoms with E-state index in [-0.39, 0.29) is 27.8 Å². The Kier molecular flexibility index (Phi) is 6.72. The van der Waals surface area contributed by atoms with Crippen molar-refractivity contribution in [2.45, 2.75) is 26.7 Å². The van der Waals surface area contributed by atoms with Crippen molar-refractivity contribution in [3.8, 4) is 0 Å². The number of nitrogens with zero attached hydrogens (tertiary/aromatic N) is 3. The number of hydrogen-bond donors (Lipinski definition) is 1. The van der Waals surface area contributed by atoms with Gasteiger partial charge in [-0.15, -0.1) is 10.2 Å². The van der Waals surface area contributed by atoms with Crippen molar-refractivity contribution in [3.05, 3.63) is 9.47 Å². The van der Waals surface area contributed by atoms with Gasteiger partial charge in [-0.2, -0.15) is 0 Å². The summed E-state index contributed by atoms with van der Waals surface area (Å²) < 4.78 is 0.218. The highest BCUT2D eigenvalue weighted by Crippen LogP contribution is 2.16. The first-order valence-corrected chi connectivity index (χ1v) is 7.32. The Morgan fingerprint density at radius 3 is 2.58 bits per heavy atom. The third kappa shape index (κ3) is 5.12. The number of carbonyl (C=O) groups is 2. The molecule has 106 valence electrons. The van der Waals surface area contributed by atoms with Crippen molar-refractivity contribution < 1.29 is 9.59 Å². The first-order chi connectivity index (χ1) is 9.08. The van der Waals surface area contributed by atoms with Crippen molar-refractivity contribution in [1.82, 2.24) is 20.4 Å². The zero-order valence-electron chi connectivity index (χ0n) is 11.0. The third-order valence-electron chi connectivity index (χ3n) is 2.27. The van der Waals surface area contributed by atoms with Crippen LogP contribution in [-0.4, -0.2) is 46.5 Å². The van der Waals surface area contributed by atoms with E-state index in [1.165, 1.54) is 4.90 Å². The molecule has 0 saturated heterocycles. The average Bonchev–Trinajstić information content (AvgIpc) is 2.81. The Hall–Kier alpha value is -1.21. The summed E-state index contributed by atoms with van der Waals surface area (Å²) in [4.78, 5) is 25.3. The molecule has 6 nitrogen and oxygen atoms in total. The molecule has 0 aliphatic heterocycles. The number of rotatable bonds is 7. The number of halogens is 1. The predicted octanol–water partition coefficient (Wildman–Crippen LogP) is 1.57. The lowest BCUT2D eigenvalue weighted by atomic mass is 10.3. The van der Waals surface area contributed by atoms with Gasteiger partial charge < -0.3 is 10.2 Å². The molecule has 1 N–H and O–H groups in total. The summed E-state index contributed by atoms with van der Waals surface area (Å²) in [7, 11) is 0. The van der Waals surface area contributed by atoms with Gasteiger partial charge in [-0.05, 0) is 24.4 Å². The molecule has 0 atom stereocenters. The monoisotopic (exact) mass is 304 g/mol. The van der Waals surface area contributed by atoms with Gasteiger partial charge in [0.15, 0.2) is 0 Å². The van der Waals surface area contributed by atoms with Gasteiger partial charge >= 0.3 is 0 Å². The summed E-state index contributed by atoms with van der Waals surface area (Å²) in [6.07, 6.45) is 1.62. The van der Waals surface area contributed by atoms with Gasteiger partial charge in [0, 0.05) is 13.1 Å². The molecule has 1 aromatic rings. The highest BCUT2D eigenvalue weighted by Gasteiger charge is 2.21. The smallest absolute Gasteiger partial charge is 0.285 e. The number of aromatic nitrogens is 2. The molecule has 0 spiro atoms. The van der Waals surface area contributed by atoms with Gasteiger partial charge in [-0.3, -0.25) is 9.59 Å². The predicted molar refractivity (Wildman–Crippen MR) is 74.4 cm³/mol. The van der Waals surface area contributed by atoms with Crippen molar-refractivity contribution in [2.24, 2.45) is 0 Å². The fraction of sp³-hybridized carbons (Fsp3) is 0.636. The summed E-state index contributed by atoms with van der Waals surface area (Å²) in [5.41, 5.74) is 0. The van der Waals surface area contributed by atoms with E-state index >= 15 is 0 Å². The molecule has 0 aliphatic carbocycles. The second-order valence-electron chi connectivity index (χ2n) is 3.94. The van der Waals surface area contributed by atoms with E-state index in [2.05, 4.69) is 15.5 Å². The first-order valence-electron chi connectivity index (χ1n) is 6.13. The van der Waals surface area contributed by atoms with E-state index in [0.717, 1.165) is 24.2 Å². The highest BCUT2D eigenvalue weighted by molar-refractivity contribution is 7.17. The second-order valence-corrected chi connectivity index (χ2v) is 5.50. The lowest BCUT2D eigenvalue weighted by molar-refractivity contribution is -0.121. The molecule has 8 heteroatoms. The molecule has 19 heavy (non-hydrogen) atoms. The van der Waals surface area contributed by atoms with Crippen molar-refractivity contribution in [2.75, 3.05) is 19.6 Å². The van der Waals surface area contributed by atoms with Crippen molar-refractivity contribution in [1.29, 1.82) is 0 Å². The molecule has 0 unspecified atom stereocenters. The Labute approximate surface area is 121 Å². The van der Waals surface area contributed by atoms with Crippen LogP contribution in [0.5, 0.6) is 0 Å². The maximum atomic E-state index is 12.2. The van der Waals surface area contributed by atoms with Crippen LogP contribution in [0.15, 0.2) is 0 Å². The number of amides is 2. The molecule has 0 bridgehead atoms. The molecule has 1 heterocycles. The van der Waals surface area contributed by atoms with E-state index in [1.54, 1.807) is 0 Å². The maximum absolute atomic E-state index is 12.2. The molecule has 0 aromatic carbocycles. The van der Waals surface area contributed by atoms with Gasteiger partial charge in [0.2, 0.25) is 15.4 Å². The molecular formula is C11H17ClN4O2S. The highest BCUT2D eigenvalue weighted by atomic mass is 35.5. The SMILES string of the molecule is CCCNC(=O)CN(CCC)C(=O)c1nnc(Cl)s1. The summed E-state index contributed by atoms with van der Waals surface area (Å²) in [5, 5.41) is 10.2. The quantitative estimate of drug-likeness (QED) is 0.829. The van der Waals surface area contributed by atoms with E-state index < -0.39 is 0 Å². The summed E-state index contributed by atoms with van der Waals surface area (Å²) >= 11 is 6.67. The van der Waals surface area contributed by atoms with E-state index in [4.69, 9.17) is 11.6 Å². The third-order valence-corrected chi connectivity index (χ3v) is 3.28. The van der Waals surface area contributed by atoms with Gasteiger partial charge in [-0.1, -0.05) is 25.2 Å². The Bertz CT molecular complexity index is 438. The van der Waals surface area contributed by atoms with Gasteiger partial charge in [0.05, 0.1) is 6.54 Å². The van der Waals surface area contributed by atoms with E-state index in [1.807, 2.05) is 13.8 Å². The molecule has 0 saturated carbocycles. The number of nitrogens with one attached hydrogen (secondary N) is 1. The van der Waals surface area contributed by atoms with Crippen LogP contribution in [-0.2, 0) is 4.79 Å². The fourth-order valence-electron chi connectivity index (χ4n) is 1.44. The van der Waals surface area contributed by atoms with Crippen LogP contribution in [0.1, 0.15) is 36.5 Å². The van der Waals surface area contributed by atoms with Gasteiger partial charge in [0.25, 0.3) is 5.91 Å². The summed E-state index contributed by atoms with van der Waals surface area (Å²) in [6, 6.07) is 0. The standard InChI is InChI=1S/C11H17ClN4O2S/c1-3-5-13-8(17)7-16(6-4-2)10(18)9-14-15-11(12)19-9/h3-7H2,1-2H3,(H,13,17). The Morgan fingerprint density at radius 2 is 2.05 bits per heavy atom. The maximum Gasteiger partial charge on any atom is 0.285 e. The molecule has 0 radical (unpaired) electrons. The van der Waals surface area contributed by atoms with Crippen LogP contribution in [0, 0.1) is 0 Å². The topological polar surface area (TPSA) is 75.2 Å². The summed E-state index contributed by atoms with van der Waals surface area (Å²) in [6.45, 7) is 5.05. The Morgan fingerprint density at radius 1 is 1.32 bits per heavy atom. The van der Waals surface area contributed by atoms with E-state index in [0.29, 0.717) is 13.1 Å². The minimum atomic E-state index is -0.308. The molecular weight excluding hydrogens is 288 g/mol. The lowest BCUT2D eigenvalue weighted by Gasteiger charge is -2.20. The second kappa shape index (κ2) is 8.06. The molecule has 1 rings (SSSR count). The summed E-state index contributed by atoms with van der Waals surface area (Å²) in [5.74, 6) is -0.475. The lowest BCUT2D eigenvalue weighted by Crippen LogP contribution is -2.41. The van der Waals surface area contributed by atoms with E-state index in [9.17, 15) is 9.59 Å². The minimum absolute atomic E-state index is 0.0316. The van der Waals surface area contributed by atoms with Crippen LogP contribution in [0.3, 0.4) is 0 Å². The largest absolute Gasteiger partial charge is 0.355 e. The number of hydrogen-bond acceptors (Lipinski definition) is 5. The van der Waals surface area contributed by atoms with Crippen molar-refractivity contribution >= 4 is 34.8 Å². The van der Waals surface area contributed by atoms with Crippen molar-refractivity contribution in [3.63, 3.8) is 0 Å². The zero-order valence-corrected chi connectivity index (χ0v) is 12.6. The fourth-order valence-corrected chi connectivity index (χ4v) is 2.24. The normalized spacial score (nSPS) is 10.3. The molecule has 1 aromatic heterocycles.